The summed E-state index contributed by atoms with van der Waals surface area (Å²) in [6, 6.07) is 8.50. The van der Waals surface area contributed by atoms with Crippen LogP contribution >= 0.6 is 0 Å². The highest BCUT2D eigenvalue weighted by molar-refractivity contribution is 5.80. The summed E-state index contributed by atoms with van der Waals surface area (Å²) in [5.41, 5.74) is 1.31. The number of hydrogen-bond acceptors (Lipinski definition) is 7. The molecule has 0 amide bonds. The van der Waals surface area contributed by atoms with Gasteiger partial charge in [0.2, 0.25) is 0 Å². The molecule has 1 aromatic heterocycles. The second-order valence-corrected chi connectivity index (χ2v) is 11.5. The predicted octanol–water partition coefficient (Wildman–Crippen LogP) is 4.79. The number of aliphatic hydroxyl groups is 1. The van der Waals surface area contributed by atoms with Gasteiger partial charge >= 0.3 is 5.97 Å². The first-order valence-electron chi connectivity index (χ1n) is 14.9. The van der Waals surface area contributed by atoms with Crippen LogP contribution in [0.1, 0.15) is 96.4 Å². The van der Waals surface area contributed by atoms with Crippen LogP contribution in [0.25, 0.3) is 11.0 Å². The Morgan fingerprint density at radius 3 is 2.39 bits per heavy atom. The van der Waals surface area contributed by atoms with E-state index in [1.54, 1.807) is 0 Å². The van der Waals surface area contributed by atoms with Crippen molar-refractivity contribution in [3.05, 3.63) is 34.6 Å². The largest absolute Gasteiger partial charge is 0.464 e. The molecule has 3 aliphatic rings. The molecule has 8 nitrogen and oxygen atoms in total. The number of esters is 1. The summed E-state index contributed by atoms with van der Waals surface area (Å²) in [5, 5.41) is 12.8. The number of aliphatic hydroxyl groups excluding tert-OH is 1. The third-order valence-corrected chi connectivity index (χ3v) is 8.94. The van der Waals surface area contributed by atoms with Gasteiger partial charge < -0.3 is 19.7 Å². The standard InChI is InChI=1S/C30H44N4O4/c1-2-3-17-38-30(37)26(20-35)32-28-29(36)34(27-14-10-9-13-25(27)31-28)24-18-22-15-16-23(19-24)33(22)21-11-7-5-4-6-8-12-21/h9-10,13-14,21-24,26,35H,2-8,11-12,15-20H2,1H3,(H,31,32)/t22-,23+,24?,26-/m0/s1. The molecule has 38 heavy (non-hydrogen) atoms. The van der Waals surface area contributed by atoms with Crippen LogP contribution in [-0.4, -0.2) is 62.9 Å². The monoisotopic (exact) mass is 524 g/mol. The molecule has 1 aliphatic carbocycles. The molecule has 4 atom stereocenters. The number of nitrogens with zero attached hydrogens (tertiary/aromatic N) is 3. The minimum absolute atomic E-state index is 0.0855. The fourth-order valence-corrected chi connectivity index (χ4v) is 7.10. The topological polar surface area (TPSA) is 96.7 Å². The van der Waals surface area contributed by atoms with E-state index in [2.05, 4.69) is 15.2 Å². The van der Waals surface area contributed by atoms with E-state index in [-0.39, 0.29) is 17.4 Å². The smallest absolute Gasteiger partial charge is 0.331 e. The van der Waals surface area contributed by atoms with Crippen molar-refractivity contribution in [2.24, 2.45) is 0 Å². The molecule has 0 spiro atoms. The van der Waals surface area contributed by atoms with Crippen LogP contribution in [0.15, 0.2) is 29.1 Å². The normalized spacial score (nSPS) is 25.6. The number of carbonyl (C=O) groups excluding carboxylic acids is 1. The van der Waals surface area contributed by atoms with Crippen molar-refractivity contribution in [3.63, 3.8) is 0 Å². The summed E-state index contributed by atoms with van der Waals surface area (Å²) in [4.78, 5) is 33.9. The Labute approximate surface area is 225 Å². The van der Waals surface area contributed by atoms with Crippen LogP contribution in [-0.2, 0) is 9.53 Å². The van der Waals surface area contributed by atoms with Crippen LogP contribution in [0.5, 0.6) is 0 Å². The molecular weight excluding hydrogens is 480 g/mol. The molecule has 2 saturated heterocycles. The molecule has 5 rings (SSSR count). The molecule has 2 bridgehead atoms. The molecule has 3 heterocycles. The van der Waals surface area contributed by atoms with Gasteiger partial charge in [0.25, 0.3) is 5.56 Å². The number of ether oxygens (including phenoxy) is 1. The molecule has 208 valence electrons. The Balaban J connectivity index is 1.40. The van der Waals surface area contributed by atoms with Gasteiger partial charge in [0.05, 0.1) is 24.2 Å². The zero-order valence-electron chi connectivity index (χ0n) is 22.8. The zero-order valence-corrected chi connectivity index (χ0v) is 22.8. The number of nitrogens with one attached hydrogen (secondary N) is 1. The van der Waals surface area contributed by atoms with Crippen molar-refractivity contribution < 1.29 is 14.6 Å². The second kappa shape index (κ2) is 12.6. The highest BCUT2D eigenvalue weighted by Gasteiger charge is 2.44. The lowest BCUT2D eigenvalue weighted by molar-refractivity contribution is -0.145. The lowest BCUT2D eigenvalue weighted by Gasteiger charge is -2.45. The molecule has 1 aromatic carbocycles. The van der Waals surface area contributed by atoms with Gasteiger partial charge in [-0.25, -0.2) is 9.78 Å². The SMILES string of the molecule is CCCCOC(=O)[C@H](CO)Nc1nc2ccccc2n(C2C[C@H]3CC[C@@H](C2)N3C2CCCCCCC2)c1=O. The van der Waals surface area contributed by atoms with E-state index in [9.17, 15) is 14.7 Å². The van der Waals surface area contributed by atoms with Crippen molar-refractivity contribution in [3.8, 4) is 0 Å². The molecule has 0 radical (unpaired) electrons. The van der Waals surface area contributed by atoms with E-state index in [4.69, 9.17) is 4.74 Å². The van der Waals surface area contributed by atoms with Crippen LogP contribution in [0.4, 0.5) is 5.82 Å². The van der Waals surface area contributed by atoms with E-state index < -0.39 is 18.6 Å². The van der Waals surface area contributed by atoms with E-state index in [1.807, 2.05) is 35.8 Å². The average Bonchev–Trinajstić information content (AvgIpc) is 3.16. The molecule has 2 aliphatic heterocycles. The third kappa shape index (κ3) is 5.76. The van der Waals surface area contributed by atoms with Crippen LogP contribution in [0.2, 0.25) is 0 Å². The molecule has 2 aromatic rings. The first-order chi connectivity index (χ1) is 18.6. The van der Waals surface area contributed by atoms with Gasteiger partial charge in [0.1, 0.15) is 6.04 Å². The number of fused-ring (bicyclic) bond motifs is 3. The number of piperidine rings is 1. The Morgan fingerprint density at radius 1 is 1.03 bits per heavy atom. The molecule has 1 unspecified atom stereocenters. The maximum atomic E-state index is 13.9. The van der Waals surface area contributed by atoms with E-state index in [1.165, 1.54) is 57.8 Å². The van der Waals surface area contributed by atoms with Gasteiger partial charge in [-0.05, 0) is 57.1 Å². The van der Waals surface area contributed by atoms with Crippen LogP contribution < -0.4 is 10.9 Å². The highest BCUT2D eigenvalue weighted by Crippen LogP contribution is 2.44. The number of unbranched alkanes of at least 4 members (excludes halogenated alkanes) is 1. The number of carbonyl (C=O) groups is 1. The molecule has 8 heteroatoms. The molecule has 2 N–H and O–H groups in total. The summed E-state index contributed by atoms with van der Waals surface area (Å²) in [6.07, 6.45) is 15.4. The van der Waals surface area contributed by atoms with Crippen molar-refractivity contribution in [2.45, 2.75) is 121 Å². The number of rotatable bonds is 9. The van der Waals surface area contributed by atoms with Gasteiger partial charge in [-0.1, -0.05) is 57.6 Å². The Kier molecular flexibility index (Phi) is 9.00. The summed E-state index contributed by atoms with van der Waals surface area (Å²) < 4.78 is 7.22. The first-order valence-corrected chi connectivity index (χ1v) is 14.9. The summed E-state index contributed by atoms with van der Waals surface area (Å²) in [7, 11) is 0. The summed E-state index contributed by atoms with van der Waals surface area (Å²) in [5.74, 6) is -0.461. The highest BCUT2D eigenvalue weighted by atomic mass is 16.5. The Morgan fingerprint density at radius 2 is 1.71 bits per heavy atom. The molecule has 1 saturated carbocycles. The van der Waals surface area contributed by atoms with E-state index in [0.717, 1.165) is 31.2 Å². The quantitative estimate of drug-likeness (QED) is 0.359. The fourth-order valence-electron chi connectivity index (χ4n) is 7.10. The third-order valence-electron chi connectivity index (χ3n) is 8.94. The summed E-state index contributed by atoms with van der Waals surface area (Å²) in [6.45, 7) is 1.85. The fraction of sp³-hybridized carbons (Fsp3) is 0.700. The van der Waals surface area contributed by atoms with Crippen molar-refractivity contribution in [1.29, 1.82) is 0 Å². The Bertz CT molecular complexity index is 1130. The van der Waals surface area contributed by atoms with Crippen LogP contribution in [0.3, 0.4) is 0 Å². The maximum absolute atomic E-state index is 13.9. The lowest BCUT2D eigenvalue weighted by atomic mass is 9.89. The predicted molar refractivity (Wildman–Crippen MR) is 149 cm³/mol. The number of benzene rings is 1. The maximum Gasteiger partial charge on any atom is 0.331 e. The van der Waals surface area contributed by atoms with Gasteiger partial charge in [0, 0.05) is 24.2 Å². The van der Waals surface area contributed by atoms with E-state index in [0.29, 0.717) is 30.2 Å². The average molecular weight is 525 g/mol. The van der Waals surface area contributed by atoms with Crippen molar-refractivity contribution in [1.82, 2.24) is 14.5 Å². The van der Waals surface area contributed by atoms with Gasteiger partial charge in [-0.15, -0.1) is 0 Å². The number of anilines is 1. The van der Waals surface area contributed by atoms with E-state index >= 15 is 0 Å². The number of hydrogen-bond donors (Lipinski definition) is 2. The lowest BCUT2D eigenvalue weighted by Crippen LogP contribution is -2.50. The van der Waals surface area contributed by atoms with Crippen molar-refractivity contribution >= 4 is 22.8 Å². The minimum atomic E-state index is -1.03. The van der Waals surface area contributed by atoms with Gasteiger partial charge in [-0.2, -0.15) is 0 Å². The minimum Gasteiger partial charge on any atom is -0.464 e. The number of para-hydroxylation sites is 2. The zero-order chi connectivity index (χ0) is 26.5. The molecular formula is C30H44N4O4. The van der Waals surface area contributed by atoms with Crippen molar-refractivity contribution in [2.75, 3.05) is 18.5 Å². The molecule has 3 fully saturated rings. The summed E-state index contributed by atoms with van der Waals surface area (Å²) >= 11 is 0. The van der Waals surface area contributed by atoms with Gasteiger partial charge in [-0.3, -0.25) is 9.69 Å². The second-order valence-electron chi connectivity index (χ2n) is 11.5. The number of aromatic nitrogens is 2. The van der Waals surface area contributed by atoms with Crippen LogP contribution in [0, 0.1) is 0 Å². The van der Waals surface area contributed by atoms with Gasteiger partial charge in [0.15, 0.2) is 5.82 Å². The first kappa shape index (κ1) is 27.1. The Hall–Kier alpha value is -2.45.